The van der Waals surface area contributed by atoms with Gasteiger partial charge in [0.1, 0.15) is 35.4 Å². The van der Waals surface area contributed by atoms with E-state index in [0.29, 0.717) is 35.7 Å². The number of nitrogens with two attached hydrogens (primary N) is 1. The van der Waals surface area contributed by atoms with Gasteiger partial charge in [-0.15, -0.1) is 0 Å². The maximum absolute atomic E-state index is 15.1. The largest absolute Gasteiger partial charge is 0.382 e. The third kappa shape index (κ3) is 9.15. The molecule has 6 rings (SSSR count). The first-order chi connectivity index (χ1) is 27.0. The number of pyridine rings is 1. The lowest BCUT2D eigenvalue weighted by Gasteiger charge is -2.29. The van der Waals surface area contributed by atoms with Gasteiger partial charge >= 0.3 is 0 Å². The third-order valence-electron chi connectivity index (χ3n) is 8.88. The first-order valence-electron chi connectivity index (χ1n) is 17.1. The minimum absolute atomic E-state index is 0.0562. The summed E-state index contributed by atoms with van der Waals surface area (Å²) in [6.45, 7) is 0.0224. The van der Waals surface area contributed by atoms with E-state index in [2.05, 4.69) is 25.7 Å². The molecule has 0 spiro atoms. The molecule has 0 radical (unpaired) electrons. The zero-order valence-electron chi connectivity index (χ0n) is 29.7. The number of carbonyl (C=O) groups excluding carboxylic acids is 2. The average molecular weight is 830 g/mol. The van der Waals surface area contributed by atoms with Crippen molar-refractivity contribution < 1.29 is 58.6 Å². The lowest BCUT2D eigenvalue weighted by Crippen LogP contribution is -2.37. The SMILES string of the molecule is COCCOCCNc1nc2nc([C@H](Cc3cc(F)cc(F)c3)NC(=O)Cn3nc(C(F)F)c4c3C(F)(F)CCC4(F)F)c(-c3ccc(F)c(C(N)=O)c3)cc2s1. The number of ether oxygens (including phenoxy) is 2. The van der Waals surface area contributed by atoms with Crippen LogP contribution in [0, 0.1) is 17.5 Å². The van der Waals surface area contributed by atoms with Gasteiger partial charge < -0.3 is 25.8 Å². The number of nitrogens with one attached hydrogen (secondary N) is 2. The van der Waals surface area contributed by atoms with E-state index in [1.54, 1.807) is 0 Å². The van der Waals surface area contributed by atoms with Gasteiger partial charge in [0, 0.05) is 38.1 Å². The molecule has 3 aromatic heterocycles. The number of fused-ring (bicyclic) bond motifs is 2. The molecule has 0 saturated heterocycles. The molecule has 21 heteroatoms. The van der Waals surface area contributed by atoms with Gasteiger partial charge in [-0.2, -0.15) is 13.9 Å². The van der Waals surface area contributed by atoms with Gasteiger partial charge in [0.2, 0.25) is 5.91 Å². The van der Waals surface area contributed by atoms with Gasteiger partial charge in [-0.25, -0.2) is 40.7 Å². The van der Waals surface area contributed by atoms with E-state index >= 15 is 8.78 Å². The number of methoxy groups -OCH3 is 1. The summed E-state index contributed by atoms with van der Waals surface area (Å²) in [5.74, 6) is -13.5. The van der Waals surface area contributed by atoms with Crippen LogP contribution in [0.2, 0.25) is 0 Å². The van der Waals surface area contributed by atoms with Crippen molar-refractivity contribution in [3.05, 3.63) is 93.7 Å². The number of carbonyl (C=O) groups is 2. The van der Waals surface area contributed by atoms with Crippen LogP contribution in [-0.4, -0.2) is 65.0 Å². The van der Waals surface area contributed by atoms with Crippen LogP contribution in [0.25, 0.3) is 21.5 Å². The molecule has 0 aliphatic heterocycles. The molecule has 0 unspecified atom stereocenters. The summed E-state index contributed by atoms with van der Waals surface area (Å²) < 4.78 is 142. The third-order valence-corrected chi connectivity index (χ3v) is 9.83. The number of rotatable bonds is 16. The van der Waals surface area contributed by atoms with E-state index in [9.17, 15) is 40.3 Å². The molecule has 2 amide bonds. The van der Waals surface area contributed by atoms with Crippen LogP contribution < -0.4 is 16.4 Å². The summed E-state index contributed by atoms with van der Waals surface area (Å²) in [4.78, 5) is 35.0. The van der Waals surface area contributed by atoms with Crippen molar-refractivity contribution >= 4 is 38.6 Å². The highest BCUT2D eigenvalue weighted by Gasteiger charge is 2.55. The Labute approximate surface area is 321 Å². The Hall–Kier alpha value is -5.28. The molecule has 304 valence electrons. The number of hydrogen-bond acceptors (Lipinski definition) is 9. The molecule has 0 saturated carbocycles. The van der Waals surface area contributed by atoms with Crippen LogP contribution in [0.5, 0.6) is 0 Å². The lowest BCUT2D eigenvalue weighted by molar-refractivity contribution is -0.123. The van der Waals surface area contributed by atoms with Gasteiger partial charge in [0.15, 0.2) is 10.8 Å². The molecule has 2 aromatic carbocycles. The summed E-state index contributed by atoms with van der Waals surface area (Å²) in [6, 6.07) is 5.83. The van der Waals surface area contributed by atoms with Gasteiger partial charge in [0.25, 0.3) is 24.2 Å². The monoisotopic (exact) mass is 829 g/mol. The number of halogens is 9. The van der Waals surface area contributed by atoms with Crippen molar-refractivity contribution in [2.75, 3.05) is 38.8 Å². The second-order valence-corrected chi connectivity index (χ2v) is 14.0. The Kier molecular flexibility index (Phi) is 12.1. The first-order valence-corrected chi connectivity index (χ1v) is 17.9. The zero-order chi connectivity index (χ0) is 41.2. The molecule has 0 bridgehead atoms. The number of primary amides is 1. The molecule has 1 atom stereocenters. The van der Waals surface area contributed by atoms with Crippen LogP contribution in [0.15, 0.2) is 42.5 Å². The first kappa shape index (κ1) is 41.4. The summed E-state index contributed by atoms with van der Waals surface area (Å²) in [7, 11) is 1.52. The van der Waals surface area contributed by atoms with Gasteiger partial charge in [-0.3, -0.25) is 14.3 Å². The molecule has 0 fully saturated rings. The highest BCUT2D eigenvalue weighted by molar-refractivity contribution is 7.22. The maximum atomic E-state index is 15.1. The number of aromatic nitrogens is 4. The number of benzene rings is 2. The smallest absolute Gasteiger partial charge is 0.290 e. The Bertz CT molecular complexity index is 2280. The van der Waals surface area contributed by atoms with E-state index in [1.807, 2.05) is 0 Å². The standard InChI is InChI=1S/C36H32F9N7O4S/c1-55-8-9-56-7-6-47-34-50-33-25(57-34)15-21(18-2-3-23(39)22(13-18)32(46)54)28(49-33)24(12-17-10-19(37)14-20(38)11-17)48-26(53)16-52-30-27(29(51-52)31(40)41)35(42,43)4-5-36(30,44)45/h2-3,10-11,13-15,24,31H,4-9,12,16H2,1H3,(H2,46,54)(H,48,53)(H,47,49,50)/t24-/m0/s1. The highest BCUT2D eigenvalue weighted by Crippen LogP contribution is 2.52. The normalized spacial score (nSPS) is 15.1. The second-order valence-electron chi connectivity index (χ2n) is 12.9. The molecular weight excluding hydrogens is 797 g/mol. The van der Waals surface area contributed by atoms with Crippen molar-refractivity contribution in [2.24, 2.45) is 5.73 Å². The Balaban J connectivity index is 1.45. The highest BCUT2D eigenvalue weighted by atomic mass is 32.1. The van der Waals surface area contributed by atoms with Crippen LogP contribution in [0.3, 0.4) is 0 Å². The zero-order valence-corrected chi connectivity index (χ0v) is 30.5. The number of amides is 2. The fourth-order valence-electron chi connectivity index (χ4n) is 6.40. The Morgan fingerprint density at radius 3 is 2.35 bits per heavy atom. The average Bonchev–Trinajstić information content (AvgIpc) is 3.73. The number of alkyl halides is 6. The topological polar surface area (TPSA) is 146 Å². The molecule has 1 aliphatic carbocycles. The summed E-state index contributed by atoms with van der Waals surface area (Å²) >= 11 is 1.13. The van der Waals surface area contributed by atoms with Crippen molar-refractivity contribution in [3.8, 4) is 11.1 Å². The molecule has 11 nitrogen and oxygen atoms in total. The fourth-order valence-corrected chi connectivity index (χ4v) is 7.27. The van der Waals surface area contributed by atoms with Gasteiger partial charge in [-0.05, 0) is 47.9 Å². The number of hydrogen-bond donors (Lipinski definition) is 3. The molecule has 5 aromatic rings. The van der Waals surface area contributed by atoms with Crippen LogP contribution in [0.1, 0.15) is 63.9 Å². The summed E-state index contributed by atoms with van der Waals surface area (Å²) in [5.41, 5.74) is 0.206. The molecular formula is C36H32F9N7O4S. The van der Waals surface area contributed by atoms with Crippen LogP contribution >= 0.6 is 11.3 Å². The molecule has 4 N–H and O–H groups in total. The fraction of sp³-hybridized carbons (Fsp3) is 0.361. The predicted octanol–water partition coefficient (Wildman–Crippen LogP) is 7.16. The summed E-state index contributed by atoms with van der Waals surface area (Å²) in [5, 5.41) is 9.24. The predicted molar refractivity (Wildman–Crippen MR) is 188 cm³/mol. The van der Waals surface area contributed by atoms with Crippen molar-refractivity contribution in [1.82, 2.24) is 25.1 Å². The minimum atomic E-state index is -4.10. The number of anilines is 1. The molecule has 1 aliphatic rings. The minimum Gasteiger partial charge on any atom is -0.382 e. The Morgan fingerprint density at radius 1 is 0.947 bits per heavy atom. The lowest BCUT2D eigenvalue weighted by atomic mass is 9.89. The van der Waals surface area contributed by atoms with Crippen molar-refractivity contribution in [2.45, 2.75) is 50.1 Å². The molecule has 57 heavy (non-hydrogen) atoms. The molecule has 3 heterocycles. The number of thiazole rings is 1. The van der Waals surface area contributed by atoms with E-state index in [-0.39, 0.29) is 39.3 Å². The van der Waals surface area contributed by atoms with E-state index in [0.717, 1.165) is 35.6 Å². The maximum Gasteiger partial charge on any atom is 0.290 e. The van der Waals surface area contributed by atoms with E-state index < -0.39 is 102 Å². The van der Waals surface area contributed by atoms with E-state index in [1.165, 1.54) is 19.2 Å². The Morgan fingerprint density at radius 2 is 1.67 bits per heavy atom. The number of nitrogens with zero attached hydrogens (tertiary/aromatic N) is 4. The quantitative estimate of drug-likeness (QED) is 0.0702. The van der Waals surface area contributed by atoms with Crippen molar-refractivity contribution in [1.29, 1.82) is 0 Å². The van der Waals surface area contributed by atoms with E-state index in [4.69, 9.17) is 15.2 Å². The van der Waals surface area contributed by atoms with Gasteiger partial charge in [-0.1, -0.05) is 17.4 Å². The van der Waals surface area contributed by atoms with Crippen molar-refractivity contribution in [3.63, 3.8) is 0 Å². The van der Waals surface area contributed by atoms with Gasteiger partial charge in [0.05, 0.1) is 47.4 Å². The summed E-state index contributed by atoms with van der Waals surface area (Å²) in [6.07, 6.45) is -7.01. The second kappa shape index (κ2) is 16.7. The van der Waals surface area contributed by atoms with Crippen LogP contribution in [-0.2, 0) is 39.1 Å². The van der Waals surface area contributed by atoms with Crippen LogP contribution in [0.4, 0.5) is 44.6 Å².